The Morgan fingerprint density at radius 3 is 2.67 bits per heavy atom. The number of nitro groups is 1. The van der Waals surface area contributed by atoms with Gasteiger partial charge in [-0.25, -0.2) is 0 Å². The molecule has 0 bridgehead atoms. The van der Waals surface area contributed by atoms with Crippen LogP contribution in [-0.2, 0) is 23.8 Å². The molecular weight excluding hydrogens is 324 g/mol. The highest BCUT2D eigenvalue weighted by atomic mass is 32.2. The fourth-order valence-electron chi connectivity index (χ4n) is 3.15. The van der Waals surface area contributed by atoms with E-state index in [0.29, 0.717) is 6.54 Å². The average Bonchev–Trinajstić information content (AvgIpc) is 2.59. The van der Waals surface area contributed by atoms with Crippen molar-refractivity contribution in [3.05, 3.63) is 69.3 Å². The van der Waals surface area contributed by atoms with Gasteiger partial charge >= 0.3 is 0 Å². The number of aryl methyl sites for hydroxylation is 1. The molecule has 1 aliphatic rings. The largest absolute Gasteiger partial charge is 0.306 e. The first-order valence-corrected chi connectivity index (χ1v) is 9.53. The van der Waals surface area contributed by atoms with E-state index in [-0.39, 0.29) is 16.7 Å². The molecule has 1 N–H and O–H groups in total. The molecule has 2 aromatic carbocycles. The molecule has 2 atom stereocenters. The summed E-state index contributed by atoms with van der Waals surface area (Å²) in [5.74, 6) is 0. The summed E-state index contributed by atoms with van der Waals surface area (Å²) >= 11 is 0. The molecule has 0 fully saturated rings. The van der Waals surface area contributed by atoms with Gasteiger partial charge < -0.3 is 5.32 Å². The summed E-state index contributed by atoms with van der Waals surface area (Å²) in [6, 6.07) is 13.0. The van der Waals surface area contributed by atoms with Crippen LogP contribution in [0.1, 0.15) is 35.6 Å². The Morgan fingerprint density at radius 2 is 2.00 bits per heavy atom. The van der Waals surface area contributed by atoms with E-state index in [4.69, 9.17) is 0 Å². The number of non-ortho nitro benzene ring substituents is 1. The zero-order valence-corrected chi connectivity index (χ0v) is 14.3. The van der Waals surface area contributed by atoms with Crippen molar-refractivity contribution in [2.75, 3.05) is 6.26 Å². The SMILES string of the molecule is C[S@](=O)c1ccc(CN[C@@H]2CCCc3ccc([N+](=O)[O-])cc32)cc1. The topological polar surface area (TPSA) is 72.2 Å². The zero-order valence-electron chi connectivity index (χ0n) is 13.5. The normalized spacial score (nSPS) is 18.0. The van der Waals surface area contributed by atoms with E-state index in [1.807, 2.05) is 30.3 Å². The molecule has 0 amide bonds. The van der Waals surface area contributed by atoms with E-state index >= 15 is 0 Å². The van der Waals surface area contributed by atoms with Crippen molar-refractivity contribution in [2.45, 2.75) is 36.7 Å². The number of fused-ring (bicyclic) bond motifs is 1. The van der Waals surface area contributed by atoms with Gasteiger partial charge in [-0.05, 0) is 48.1 Å². The second-order valence-corrected chi connectivity index (χ2v) is 7.44. The van der Waals surface area contributed by atoms with Crippen LogP contribution in [0.4, 0.5) is 5.69 Å². The number of hydrogen-bond donors (Lipinski definition) is 1. The molecule has 0 saturated carbocycles. The van der Waals surface area contributed by atoms with Gasteiger partial charge in [0.2, 0.25) is 0 Å². The van der Waals surface area contributed by atoms with Gasteiger partial charge in [-0.2, -0.15) is 0 Å². The van der Waals surface area contributed by atoms with Gasteiger partial charge in [-0.1, -0.05) is 18.2 Å². The van der Waals surface area contributed by atoms with Gasteiger partial charge in [0.25, 0.3) is 5.69 Å². The van der Waals surface area contributed by atoms with Crippen LogP contribution in [-0.4, -0.2) is 15.4 Å². The summed E-state index contributed by atoms with van der Waals surface area (Å²) in [5, 5.41) is 14.5. The Labute approximate surface area is 143 Å². The van der Waals surface area contributed by atoms with E-state index in [2.05, 4.69) is 5.32 Å². The Bertz CT molecular complexity index is 774. The molecule has 6 heteroatoms. The van der Waals surface area contributed by atoms with Crippen molar-refractivity contribution in [1.29, 1.82) is 0 Å². The quantitative estimate of drug-likeness (QED) is 0.665. The second-order valence-electron chi connectivity index (χ2n) is 6.06. The summed E-state index contributed by atoms with van der Waals surface area (Å²) in [5.41, 5.74) is 3.50. The number of benzene rings is 2. The van der Waals surface area contributed by atoms with Crippen molar-refractivity contribution < 1.29 is 9.13 Å². The average molecular weight is 344 g/mol. The number of nitro benzene ring substituents is 1. The summed E-state index contributed by atoms with van der Waals surface area (Å²) < 4.78 is 11.4. The summed E-state index contributed by atoms with van der Waals surface area (Å²) in [6.45, 7) is 0.684. The molecule has 24 heavy (non-hydrogen) atoms. The Morgan fingerprint density at radius 1 is 1.25 bits per heavy atom. The molecule has 0 radical (unpaired) electrons. The van der Waals surface area contributed by atoms with Crippen LogP contribution < -0.4 is 5.32 Å². The maximum absolute atomic E-state index is 11.4. The van der Waals surface area contributed by atoms with Gasteiger partial charge in [0.1, 0.15) is 0 Å². The molecule has 0 heterocycles. The first kappa shape index (κ1) is 16.8. The predicted molar refractivity (Wildman–Crippen MR) is 94.4 cm³/mol. The van der Waals surface area contributed by atoms with E-state index in [1.54, 1.807) is 18.4 Å². The van der Waals surface area contributed by atoms with Gasteiger partial charge in [-0.3, -0.25) is 14.3 Å². The molecule has 5 nitrogen and oxygen atoms in total. The second kappa shape index (κ2) is 7.23. The number of hydrogen-bond acceptors (Lipinski definition) is 4. The van der Waals surface area contributed by atoms with Crippen LogP contribution in [0, 0.1) is 10.1 Å². The smallest absolute Gasteiger partial charge is 0.269 e. The molecule has 3 rings (SSSR count). The van der Waals surface area contributed by atoms with Gasteiger partial charge in [0.15, 0.2) is 0 Å². The third-order valence-corrected chi connectivity index (χ3v) is 5.40. The molecule has 0 aliphatic heterocycles. The third kappa shape index (κ3) is 3.71. The minimum Gasteiger partial charge on any atom is -0.306 e. The van der Waals surface area contributed by atoms with Crippen molar-refractivity contribution in [3.63, 3.8) is 0 Å². The first-order valence-electron chi connectivity index (χ1n) is 7.97. The zero-order chi connectivity index (χ0) is 17.1. The highest BCUT2D eigenvalue weighted by Gasteiger charge is 2.22. The minimum absolute atomic E-state index is 0.133. The standard InChI is InChI=1S/C18H20N2O3S/c1-24(23)16-9-5-13(6-10-16)12-19-18-4-2-3-14-7-8-15(20(21)22)11-17(14)18/h5-11,18-19H,2-4,12H2,1H3/t18-,24+/m1/s1. The van der Waals surface area contributed by atoms with Crippen LogP contribution in [0.2, 0.25) is 0 Å². The van der Waals surface area contributed by atoms with Gasteiger partial charge in [0, 0.05) is 46.7 Å². The van der Waals surface area contributed by atoms with E-state index in [0.717, 1.165) is 35.3 Å². The Balaban J connectivity index is 1.73. The van der Waals surface area contributed by atoms with Gasteiger partial charge in [0.05, 0.1) is 4.92 Å². The fraction of sp³-hybridized carbons (Fsp3) is 0.333. The van der Waals surface area contributed by atoms with Crippen LogP contribution in [0.3, 0.4) is 0 Å². The predicted octanol–water partition coefficient (Wildman–Crippen LogP) is 3.50. The summed E-state index contributed by atoms with van der Waals surface area (Å²) in [7, 11) is -0.967. The molecule has 1 aliphatic carbocycles. The van der Waals surface area contributed by atoms with Crippen LogP contribution >= 0.6 is 0 Å². The number of nitrogens with zero attached hydrogens (tertiary/aromatic N) is 1. The van der Waals surface area contributed by atoms with Crippen molar-refractivity contribution in [1.82, 2.24) is 5.32 Å². The van der Waals surface area contributed by atoms with Crippen molar-refractivity contribution >= 4 is 16.5 Å². The summed E-state index contributed by atoms with van der Waals surface area (Å²) in [6.07, 6.45) is 4.70. The fourth-order valence-corrected chi connectivity index (χ4v) is 3.67. The monoisotopic (exact) mass is 344 g/mol. The van der Waals surface area contributed by atoms with E-state index in [1.165, 1.54) is 5.56 Å². The first-order chi connectivity index (χ1) is 11.5. The Kier molecular flexibility index (Phi) is 5.06. The van der Waals surface area contributed by atoms with Crippen molar-refractivity contribution in [3.8, 4) is 0 Å². The third-order valence-electron chi connectivity index (χ3n) is 4.46. The molecule has 0 saturated heterocycles. The lowest BCUT2D eigenvalue weighted by Crippen LogP contribution is -2.25. The molecule has 126 valence electrons. The van der Waals surface area contributed by atoms with Crippen LogP contribution in [0.5, 0.6) is 0 Å². The summed E-state index contributed by atoms with van der Waals surface area (Å²) in [4.78, 5) is 11.5. The van der Waals surface area contributed by atoms with E-state index < -0.39 is 10.8 Å². The lowest BCUT2D eigenvalue weighted by molar-refractivity contribution is -0.385. The lowest BCUT2D eigenvalue weighted by atomic mass is 9.87. The molecular formula is C18H20N2O3S. The number of rotatable bonds is 5. The number of nitrogens with one attached hydrogen (secondary N) is 1. The highest BCUT2D eigenvalue weighted by molar-refractivity contribution is 7.84. The van der Waals surface area contributed by atoms with Crippen LogP contribution in [0.25, 0.3) is 0 Å². The Hall–Kier alpha value is -2.05. The molecule has 0 aromatic heterocycles. The lowest BCUT2D eigenvalue weighted by Gasteiger charge is -2.26. The maximum atomic E-state index is 11.4. The molecule has 0 unspecified atom stereocenters. The van der Waals surface area contributed by atoms with Crippen molar-refractivity contribution in [2.24, 2.45) is 0 Å². The minimum atomic E-state index is -0.967. The van der Waals surface area contributed by atoms with E-state index in [9.17, 15) is 14.3 Å². The highest BCUT2D eigenvalue weighted by Crippen LogP contribution is 2.32. The maximum Gasteiger partial charge on any atom is 0.269 e. The van der Waals surface area contributed by atoms with Crippen LogP contribution in [0.15, 0.2) is 47.4 Å². The van der Waals surface area contributed by atoms with Gasteiger partial charge in [-0.15, -0.1) is 0 Å². The molecule has 0 spiro atoms. The molecule has 2 aromatic rings.